The Morgan fingerprint density at radius 3 is 2.00 bits per heavy atom. The van der Waals surface area contributed by atoms with Gasteiger partial charge in [-0.1, -0.05) is 32.9 Å². The highest BCUT2D eigenvalue weighted by molar-refractivity contribution is 5.42. The fourth-order valence-electron chi connectivity index (χ4n) is 2.72. The van der Waals surface area contributed by atoms with Crippen LogP contribution in [0.4, 0.5) is 0 Å². The molecule has 0 saturated heterocycles. The van der Waals surface area contributed by atoms with E-state index in [4.69, 9.17) is 0 Å². The predicted octanol–water partition coefficient (Wildman–Crippen LogP) is 4.17. The van der Waals surface area contributed by atoms with Gasteiger partial charge in [0, 0.05) is 0 Å². The molecule has 0 N–H and O–H groups in total. The number of hydrogen-bond donors (Lipinski definition) is 0. The van der Waals surface area contributed by atoms with Gasteiger partial charge in [-0.15, -0.1) is 0 Å². The first-order valence-corrected chi connectivity index (χ1v) is 6.11. The van der Waals surface area contributed by atoms with E-state index in [0.717, 1.165) is 0 Å². The van der Waals surface area contributed by atoms with Crippen LogP contribution in [0.5, 0.6) is 0 Å². The lowest BCUT2D eigenvalue weighted by Gasteiger charge is -2.26. The number of aryl methyl sites for hydroxylation is 3. The monoisotopic (exact) mass is 202 g/mol. The van der Waals surface area contributed by atoms with Gasteiger partial charge in [-0.3, -0.25) is 0 Å². The first-order valence-electron chi connectivity index (χ1n) is 6.11. The van der Waals surface area contributed by atoms with E-state index >= 15 is 0 Å². The second kappa shape index (κ2) is 3.66. The molecule has 0 heterocycles. The molecule has 0 heteroatoms. The molecule has 2 rings (SSSR count). The topological polar surface area (TPSA) is 0 Å². The molecule has 0 atom stereocenters. The van der Waals surface area contributed by atoms with Crippen molar-refractivity contribution < 1.29 is 0 Å². The van der Waals surface area contributed by atoms with Gasteiger partial charge < -0.3 is 0 Å². The van der Waals surface area contributed by atoms with Gasteiger partial charge in [-0.2, -0.15) is 0 Å². The van der Waals surface area contributed by atoms with Gasteiger partial charge in [0.1, 0.15) is 0 Å². The molecule has 82 valence electrons. The summed E-state index contributed by atoms with van der Waals surface area (Å²) in [5, 5.41) is 0. The Hall–Kier alpha value is -0.780. The van der Waals surface area contributed by atoms with Crippen molar-refractivity contribution in [2.24, 2.45) is 0 Å². The van der Waals surface area contributed by atoms with Crippen LogP contribution in [0.25, 0.3) is 0 Å². The zero-order valence-corrected chi connectivity index (χ0v) is 10.5. The molecule has 0 nitrogen and oxygen atoms in total. The number of hydrogen-bond acceptors (Lipinski definition) is 0. The number of rotatable bonds is 0. The van der Waals surface area contributed by atoms with E-state index in [-0.39, 0.29) is 5.41 Å². The molecule has 0 saturated carbocycles. The molecule has 15 heavy (non-hydrogen) atoms. The number of fused-ring (bicyclic) bond motifs is 1. The summed E-state index contributed by atoms with van der Waals surface area (Å²) in [7, 11) is 0. The molecular formula is C15H22. The molecule has 1 aliphatic carbocycles. The normalized spacial score (nSPS) is 16.3. The van der Waals surface area contributed by atoms with E-state index in [2.05, 4.69) is 39.8 Å². The van der Waals surface area contributed by atoms with Crippen LogP contribution < -0.4 is 0 Å². The molecule has 0 radical (unpaired) electrons. The maximum atomic E-state index is 2.46. The van der Waals surface area contributed by atoms with Gasteiger partial charge in [0.25, 0.3) is 0 Å². The Balaban J connectivity index is 2.50. The van der Waals surface area contributed by atoms with E-state index in [0.29, 0.717) is 0 Å². The summed E-state index contributed by atoms with van der Waals surface area (Å²) in [6.07, 6.45) is 5.33. The van der Waals surface area contributed by atoms with Crippen molar-refractivity contribution in [3.8, 4) is 0 Å². The van der Waals surface area contributed by atoms with Gasteiger partial charge in [-0.05, 0) is 60.3 Å². The fraction of sp³-hybridized carbons (Fsp3) is 0.600. The lowest BCUT2D eigenvalue weighted by atomic mass is 9.79. The maximum Gasteiger partial charge on any atom is -0.0129 e. The van der Waals surface area contributed by atoms with Gasteiger partial charge in [-0.25, -0.2) is 0 Å². The fourth-order valence-corrected chi connectivity index (χ4v) is 2.72. The van der Waals surface area contributed by atoms with Gasteiger partial charge in [0.2, 0.25) is 0 Å². The van der Waals surface area contributed by atoms with Crippen molar-refractivity contribution in [3.05, 3.63) is 34.4 Å². The minimum Gasteiger partial charge on any atom is -0.0561 e. The molecule has 1 aromatic rings. The molecule has 0 aromatic heterocycles. The van der Waals surface area contributed by atoms with Gasteiger partial charge >= 0.3 is 0 Å². The van der Waals surface area contributed by atoms with Crippen LogP contribution in [0.1, 0.15) is 55.9 Å². The van der Waals surface area contributed by atoms with E-state index in [1.807, 2.05) is 0 Å². The SMILES string of the molecule is Cc1cc2c(cc1C(C)(C)C)CCCC2. The molecule has 1 aliphatic rings. The third kappa shape index (κ3) is 2.09. The van der Waals surface area contributed by atoms with Gasteiger partial charge in [0.05, 0.1) is 0 Å². The molecule has 0 aliphatic heterocycles. The lowest BCUT2D eigenvalue weighted by Crippen LogP contribution is -2.15. The zero-order valence-electron chi connectivity index (χ0n) is 10.5. The van der Waals surface area contributed by atoms with E-state index in [1.165, 1.54) is 36.8 Å². The summed E-state index contributed by atoms with van der Waals surface area (Å²) < 4.78 is 0. The molecular weight excluding hydrogens is 180 g/mol. The van der Waals surface area contributed by atoms with Crippen molar-refractivity contribution in [1.29, 1.82) is 0 Å². The summed E-state index contributed by atoms with van der Waals surface area (Å²) in [6, 6.07) is 4.89. The van der Waals surface area contributed by atoms with Crippen molar-refractivity contribution >= 4 is 0 Å². The first kappa shape index (κ1) is 10.7. The zero-order chi connectivity index (χ0) is 11.1. The maximum absolute atomic E-state index is 2.46. The van der Waals surface area contributed by atoms with E-state index < -0.39 is 0 Å². The second-order valence-corrected chi connectivity index (χ2v) is 5.89. The minimum absolute atomic E-state index is 0.288. The van der Waals surface area contributed by atoms with Crippen LogP contribution in [-0.4, -0.2) is 0 Å². The Kier molecular flexibility index (Phi) is 2.62. The van der Waals surface area contributed by atoms with Crippen LogP contribution in [0.15, 0.2) is 12.1 Å². The molecule has 0 spiro atoms. The van der Waals surface area contributed by atoms with Crippen molar-refractivity contribution in [1.82, 2.24) is 0 Å². The van der Waals surface area contributed by atoms with Crippen LogP contribution >= 0.6 is 0 Å². The highest BCUT2D eigenvalue weighted by Crippen LogP contribution is 2.31. The van der Waals surface area contributed by atoms with Crippen LogP contribution in [-0.2, 0) is 18.3 Å². The molecule has 0 bridgehead atoms. The Morgan fingerprint density at radius 1 is 0.933 bits per heavy atom. The second-order valence-electron chi connectivity index (χ2n) is 5.89. The summed E-state index contributed by atoms with van der Waals surface area (Å²) in [5.41, 5.74) is 6.51. The highest BCUT2D eigenvalue weighted by Gasteiger charge is 2.19. The Labute approximate surface area is 93.7 Å². The minimum atomic E-state index is 0.288. The lowest BCUT2D eigenvalue weighted by molar-refractivity contribution is 0.581. The smallest absolute Gasteiger partial charge is 0.0129 e. The van der Waals surface area contributed by atoms with Crippen molar-refractivity contribution in [2.75, 3.05) is 0 Å². The average molecular weight is 202 g/mol. The summed E-state index contributed by atoms with van der Waals surface area (Å²) in [6.45, 7) is 9.19. The molecule has 0 fully saturated rings. The first-order chi connectivity index (χ1) is 6.98. The molecule has 0 unspecified atom stereocenters. The summed E-state index contributed by atoms with van der Waals surface area (Å²) in [5.74, 6) is 0. The van der Waals surface area contributed by atoms with E-state index in [9.17, 15) is 0 Å². The quantitative estimate of drug-likeness (QED) is 0.592. The standard InChI is InChI=1S/C15H22/c1-11-9-12-7-5-6-8-13(12)10-14(11)15(2,3)4/h9-10H,5-8H2,1-4H3. The van der Waals surface area contributed by atoms with Gasteiger partial charge in [0.15, 0.2) is 0 Å². The Bertz CT molecular complexity index is 366. The summed E-state index contributed by atoms with van der Waals surface area (Å²) >= 11 is 0. The van der Waals surface area contributed by atoms with Crippen LogP contribution in [0.3, 0.4) is 0 Å². The third-order valence-electron chi connectivity index (χ3n) is 3.50. The van der Waals surface area contributed by atoms with Crippen LogP contribution in [0.2, 0.25) is 0 Å². The predicted molar refractivity (Wildman–Crippen MR) is 66.5 cm³/mol. The van der Waals surface area contributed by atoms with Crippen LogP contribution in [0, 0.1) is 6.92 Å². The van der Waals surface area contributed by atoms with Crippen molar-refractivity contribution in [2.45, 2.75) is 58.8 Å². The average Bonchev–Trinajstić information content (AvgIpc) is 2.15. The van der Waals surface area contributed by atoms with Crippen molar-refractivity contribution in [3.63, 3.8) is 0 Å². The molecule has 1 aromatic carbocycles. The summed E-state index contributed by atoms with van der Waals surface area (Å²) in [4.78, 5) is 0. The largest absolute Gasteiger partial charge is 0.0561 e. The number of benzene rings is 1. The molecule has 0 amide bonds. The van der Waals surface area contributed by atoms with E-state index in [1.54, 1.807) is 11.1 Å². The Morgan fingerprint density at radius 2 is 1.47 bits per heavy atom. The highest BCUT2D eigenvalue weighted by atomic mass is 14.2. The third-order valence-corrected chi connectivity index (χ3v) is 3.50.